The average Bonchev–Trinajstić information content (AvgIpc) is 2.70. The lowest BCUT2D eigenvalue weighted by Gasteiger charge is -2.30. The highest BCUT2D eigenvalue weighted by Crippen LogP contribution is 2.29. The van der Waals surface area contributed by atoms with Crippen LogP contribution in [0.5, 0.6) is 0 Å². The minimum absolute atomic E-state index is 0.0507. The molecule has 0 radical (unpaired) electrons. The molecule has 1 heterocycles. The number of anilines is 1. The Morgan fingerprint density at radius 2 is 2.00 bits per heavy atom. The van der Waals surface area contributed by atoms with Gasteiger partial charge in [-0.25, -0.2) is 8.42 Å². The Kier molecular flexibility index (Phi) is 6.58. The predicted molar refractivity (Wildman–Crippen MR) is 112 cm³/mol. The maximum Gasteiger partial charge on any atom is 0.255 e. The van der Waals surface area contributed by atoms with Gasteiger partial charge in [-0.3, -0.25) is 4.79 Å². The number of amides is 1. The summed E-state index contributed by atoms with van der Waals surface area (Å²) in [5, 5.41) is 11.6. The first-order valence-electron chi connectivity index (χ1n) is 9.38. The second kappa shape index (κ2) is 8.95. The Morgan fingerprint density at radius 3 is 2.66 bits per heavy atom. The first kappa shape index (κ1) is 21.3. The van der Waals surface area contributed by atoms with E-state index in [2.05, 4.69) is 11.4 Å². The third kappa shape index (κ3) is 4.96. The summed E-state index contributed by atoms with van der Waals surface area (Å²) >= 11 is 6.18. The Bertz CT molecular complexity index is 1050. The van der Waals surface area contributed by atoms with E-state index in [1.165, 1.54) is 22.5 Å². The number of hydrogen-bond acceptors (Lipinski definition) is 4. The van der Waals surface area contributed by atoms with Gasteiger partial charge in [0.15, 0.2) is 0 Å². The van der Waals surface area contributed by atoms with Crippen LogP contribution in [-0.4, -0.2) is 31.7 Å². The molecule has 1 amide bonds. The number of carbonyl (C=O) groups is 1. The monoisotopic (exact) mass is 431 g/mol. The second-order valence-corrected chi connectivity index (χ2v) is 9.56. The quantitative estimate of drug-likeness (QED) is 0.772. The minimum atomic E-state index is -3.78. The van der Waals surface area contributed by atoms with Gasteiger partial charge in [0.25, 0.3) is 5.91 Å². The van der Waals surface area contributed by atoms with E-state index < -0.39 is 15.9 Å². The molecule has 2 aromatic carbocycles. The molecule has 0 saturated carbocycles. The molecule has 152 valence electrons. The molecule has 1 unspecified atom stereocenters. The van der Waals surface area contributed by atoms with Crippen LogP contribution in [0.4, 0.5) is 5.69 Å². The van der Waals surface area contributed by atoms with Crippen LogP contribution >= 0.6 is 11.6 Å². The van der Waals surface area contributed by atoms with E-state index >= 15 is 0 Å². The topological polar surface area (TPSA) is 90.3 Å². The Balaban J connectivity index is 1.82. The number of rotatable bonds is 5. The Morgan fingerprint density at radius 1 is 1.28 bits per heavy atom. The standard InChI is InChI=1S/C21H22ClN3O3S/c1-15-3-2-12-25(14-15)29(27,28)20-13-17(6-9-19(20)22)21(26)24-18-7-4-16(5-8-18)10-11-23/h4-9,13,15H,2-3,10,12,14H2,1H3,(H,24,26). The van der Waals surface area contributed by atoms with Crippen molar-refractivity contribution in [2.45, 2.75) is 31.1 Å². The molecule has 1 aliphatic rings. The molecule has 1 N–H and O–H groups in total. The van der Waals surface area contributed by atoms with Crippen LogP contribution in [0.25, 0.3) is 0 Å². The van der Waals surface area contributed by atoms with Crippen LogP contribution in [-0.2, 0) is 16.4 Å². The molecule has 8 heteroatoms. The maximum absolute atomic E-state index is 13.1. The summed E-state index contributed by atoms with van der Waals surface area (Å²) < 4.78 is 27.6. The fraction of sp³-hybridized carbons (Fsp3) is 0.333. The van der Waals surface area contributed by atoms with Gasteiger partial charge in [-0.2, -0.15) is 9.57 Å². The van der Waals surface area contributed by atoms with Crippen molar-refractivity contribution in [2.24, 2.45) is 5.92 Å². The summed E-state index contributed by atoms with van der Waals surface area (Å²) in [7, 11) is -3.78. The molecule has 0 aromatic heterocycles. The highest BCUT2D eigenvalue weighted by atomic mass is 35.5. The molecule has 1 fully saturated rings. The van der Waals surface area contributed by atoms with Crippen molar-refractivity contribution in [3.63, 3.8) is 0 Å². The number of nitrogens with zero attached hydrogens (tertiary/aromatic N) is 2. The number of nitrogens with one attached hydrogen (secondary N) is 1. The van der Waals surface area contributed by atoms with Gasteiger partial charge in [0.05, 0.1) is 17.5 Å². The molecule has 0 bridgehead atoms. The third-order valence-corrected chi connectivity index (χ3v) is 7.27. The van der Waals surface area contributed by atoms with Crippen LogP contribution in [0.3, 0.4) is 0 Å². The van der Waals surface area contributed by atoms with E-state index in [1.807, 2.05) is 6.92 Å². The van der Waals surface area contributed by atoms with E-state index in [4.69, 9.17) is 16.9 Å². The molecule has 6 nitrogen and oxygen atoms in total. The second-order valence-electron chi connectivity index (χ2n) is 7.24. The van der Waals surface area contributed by atoms with Crippen LogP contribution in [0, 0.1) is 17.2 Å². The van der Waals surface area contributed by atoms with E-state index in [0.29, 0.717) is 25.2 Å². The molecule has 3 rings (SSSR count). The van der Waals surface area contributed by atoms with Gasteiger partial charge in [-0.1, -0.05) is 30.7 Å². The number of sulfonamides is 1. The molecule has 0 aliphatic carbocycles. The molecular weight excluding hydrogens is 410 g/mol. The van der Waals surface area contributed by atoms with E-state index in [-0.39, 0.29) is 21.4 Å². The number of halogens is 1. The first-order valence-corrected chi connectivity index (χ1v) is 11.2. The van der Waals surface area contributed by atoms with Crippen molar-refractivity contribution in [3.8, 4) is 6.07 Å². The van der Waals surface area contributed by atoms with Crippen LogP contribution in [0.2, 0.25) is 5.02 Å². The van der Waals surface area contributed by atoms with Crippen molar-refractivity contribution in [2.75, 3.05) is 18.4 Å². The minimum Gasteiger partial charge on any atom is -0.322 e. The molecule has 2 aromatic rings. The molecule has 1 saturated heterocycles. The number of nitriles is 1. The van der Waals surface area contributed by atoms with Crippen molar-refractivity contribution in [1.82, 2.24) is 4.31 Å². The summed E-state index contributed by atoms with van der Waals surface area (Å²) in [6.07, 6.45) is 2.09. The van der Waals surface area contributed by atoms with Gasteiger partial charge in [0.1, 0.15) is 4.90 Å². The SMILES string of the molecule is CC1CCCN(S(=O)(=O)c2cc(C(=O)Nc3ccc(CC#N)cc3)ccc2Cl)C1. The van der Waals surface area contributed by atoms with Gasteiger partial charge in [-0.15, -0.1) is 0 Å². The number of carbonyl (C=O) groups excluding carboxylic acids is 1. The van der Waals surface area contributed by atoms with E-state index in [0.717, 1.165) is 18.4 Å². The largest absolute Gasteiger partial charge is 0.322 e. The van der Waals surface area contributed by atoms with Gasteiger partial charge in [0.2, 0.25) is 10.0 Å². The fourth-order valence-electron chi connectivity index (χ4n) is 3.35. The lowest BCUT2D eigenvalue weighted by molar-refractivity contribution is 0.102. The zero-order chi connectivity index (χ0) is 21.0. The lowest BCUT2D eigenvalue weighted by atomic mass is 10.0. The summed E-state index contributed by atoms with van der Waals surface area (Å²) in [6.45, 7) is 2.92. The summed E-state index contributed by atoms with van der Waals surface area (Å²) in [6, 6.07) is 13.3. The normalized spacial score (nSPS) is 17.5. The molecule has 1 atom stereocenters. The third-order valence-electron chi connectivity index (χ3n) is 4.93. The van der Waals surface area contributed by atoms with Gasteiger partial charge in [0, 0.05) is 24.3 Å². The van der Waals surface area contributed by atoms with Crippen molar-refractivity contribution in [1.29, 1.82) is 5.26 Å². The number of hydrogen-bond donors (Lipinski definition) is 1. The van der Waals surface area contributed by atoms with Gasteiger partial charge in [-0.05, 0) is 54.7 Å². The molecule has 0 spiro atoms. The zero-order valence-corrected chi connectivity index (χ0v) is 17.6. The van der Waals surface area contributed by atoms with Crippen molar-refractivity contribution >= 4 is 33.2 Å². The first-order chi connectivity index (χ1) is 13.8. The molecule has 1 aliphatic heterocycles. The number of benzene rings is 2. The van der Waals surface area contributed by atoms with Crippen LogP contribution in [0.1, 0.15) is 35.7 Å². The van der Waals surface area contributed by atoms with Gasteiger partial charge >= 0.3 is 0 Å². The Labute approximate surface area is 176 Å². The number of piperidine rings is 1. The van der Waals surface area contributed by atoms with Gasteiger partial charge < -0.3 is 5.32 Å². The molecular formula is C21H22ClN3O3S. The summed E-state index contributed by atoms with van der Waals surface area (Å²) in [4.78, 5) is 12.6. The highest BCUT2D eigenvalue weighted by Gasteiger charge is 2.30. The average molecular weight is 432 g/mol. The lowest BCUT2D eigenvalue weighted by Crippen LogP contribution is -2.39. The summed E-state index contributed by atoms with van der Waals surface area (Å²) in [5.41, 5.74) is 1.61. The van der Waals surface area contributed by atoms with E-state index in [9.17, 15) is 13.2 Å². The fourth-order valence-corrected chi connectivity index (χ4v) is 5.45. The zero-order valence-electron chi connectivity index (χ0n) is 16.1. The molecule has 29 heavy (non-hydrogen) atoms. The highest BCUT2D eigenvalue weighted by molar-refractivity contribution is 7.89. The Hall–Kier alpha value is -2.40. The predicted octanol–water partition coefficient (Wildman–Crippen LogP) is 4.08. The summed E-state index contributed by atoms with van der Waals surface area (Å²) in [5.74, 6) is -0.147. The van der Waals surface area contributed by atoms with E-state index in [1.54, 1.807) is 24.3 Å². The van der Waals surface area contributed by atoms with Crippen LogP contribution < -0.4 is 5.32 Å². The van der Waals surface area contributed by atoms with Crippen LogP contribution in [0.15, 0.2) is 47.4 Å². The smallest absolute Gasteiger partial charge is 0.255 e. The maximum atomic E-state index is 13.1. The van der Waals surface area contributed by atoms with Crippen molar-refractivity contribution < 1.29 is 13.2 Å². The van der Waals surface area contributed by atoms with Crippen molar-refractivity contribution in [3.05, 3.63) is 58.6 Å².